The normalized spacial score (nSPS) is 24.9. The fraction of sp³-hybridized carbons (Fsp3) is 0.522. The van der Waals surface area contributed by atoms with Crippen LogP contribution in [-0.2, 0) is 112 Å². The lowest BCUT2D eigenvalue weighted by molar-refractivity contribution is -0.149. The molecular formula is C90H124N22O21S. The van der Waals surface area contributed by atoms with Gasteiger partial charge in [-0.25, -0.2) is 4.98 Å². The summed E-state index contributed by atoms with van der Waals surface area (Å²) >= 11 is 0.784. The van der Waals surface area contributed by atoms with Crippen LogP contribution in [-0.4, -0.2) is 316 Å². The number of nitrogens with one attached hydrogen (secondary N) is 13. The van der Waals surface area contributed by atoms with Crippen molar-refractivity contribution in [3.05, 3.63) is 120 Å². The van der Waals surface area contributed by atoms with Gasteiger partial charge in [-0.1, -0.05) is 102 Å². The number of H-pyrrole nitrogens is 3. The number of aromatic hydroxyl groups is 1. The number of thioether (sulfide) groups is 1. The first kappa shape index (κ1) is 104. The molecule has 22 N–H and O–H groups in total. The van der Waals surface area contributed by atoms with E-state index < -0.39 is 260 Å². The van der Waals surface area contributed by atoms with Crippen molar-refractivity contribution < 1.29 is 102 Å². The number of fused-ring (bicyclic) bond motifs is 4. The summed E-state index contributed by atoms with van der Waals surface area (Å²) in [4.78, 5) is 281. The van der Waals surface area contributed by atoms with Gasteiger partial charge in [0.15, 0.2) is 0 Å². The van der Waals surface area contributed by atoms with E-state index in [4.69, 9.17) is 17.2 Å². The number of amides is 18. The van der Waals surface area contributed by atoms with Crippen molar-refractivity contribution in [3.8, 4) is 5.75 Å². The van der Waals surface area contributed by atoms with Crippen LogP contribution >= 0.6 is 11.8 Å². The lowest BCUT2D eigenvalue weighted by atomic mass is 9.99. The van der Waals surface area contributed by atoms with Gasteiger partial charge < -0.3 is 125 Å². The van der Waals surface area contributed by atoms with E-state index in [9.17, 15) is 63.3 Å². The quantitative estimate of drug-likeness (QED) is 0.0273. The summed E-state index contributed by atoms with van der Waals surface area (Å²) in [5.41, 5.74) is 19.6. The molecule has 0 saturated carbocycles. The number of nitrogens with zero attached hydrogens (tertiary/aromatic N) is 6. The fourth-order valence-electron chi connectivity index (χ4n) is 16.5. The number of hydrogen-bond acceptors (Lipinski definition) is 23. The van der Waals surface area contributed by atoms with Crippen molar-refractivity contribution >= 4 is 140 Å². The number of benzene rings is 3. The molecular weight excluding hydrogens is 1760 g/mol. The molecule has 15 atom stereocenters. The third-order valence-electron chi connectivity index (χ3n) is 24.0. The number of aromatic nitrogens is 4. The monoisotopic (exact) mass is 1880 g/mol. The molecule has 0 aliphatic carbocycles. The highest BCUT2D eigenvalue weighted by atomic mass is 32.2. The average molecular weight is 1880 g/mol. The first-order valence-corrected chi connectivity index (χ1v) is 45.9. The second-order valence-electron chi connectivity index (χ2n) is 34.5. The molecule has 18 amide bonds. The minimum absolute atomic E-state index is 0.00220. The molecule has 726 valence electrons. The van der Waals surface area contributed by atoms with E-state index in [1.165, 1.54) is 69.8 Å². The van der Waals surface area contributed by atoms with Gasteiger partial charge in [0.2, 0.25) is 106 Å². The van der Waals surface area contributed by atoms with E-state index in [0.29, 0.717) is 64.2 Å². The molecule has 3 aromatic heterocycles. The van der Waals surface area contributed by atoms with Gasteiger partial charge in [0.25, 0.3) is 0 Å². The van der Waals surface area contributed by atoms with Gasteiger partial charge in [-0.15, -0.1) is 11.8 Å². The number of likely N-dealkylation sites (N-methyl/N-ethyl adjacent to an activating group) is 3. The summed E-state index contributed by atoms with van der Waals surface area (Å²) in [6, 6.07) is -2.78. The fourth-order valence-corrected chi connectivity index (χ4v) is 17.4. The Morgan fingerprint density at radius 2 is 1.07 bits per heavy atom. The van der Waals surface area contributed by atoms with E-state index in [2.05, 4.69) is 73.1 Å². The summed E-state index contributed by atoms with van der Waals surface area (Å²) in [6.07, 6.45) is 2.42. The van der Waals surface area contributed by atoms with E-state index in [-0.39, 0.29) is 75.3 Å². The standard InChI is InChI=1S/C90H124N22O21S/c1-9-11-22-69-83(126)101-61(32-48(3)4)79(122)107-68(78(121)97-42-75(93)118)45-134-46-76(119)99-64(33-50-25-27-54(114)28-26-50)86(129)108(6)49(5)77(120)104-66(38-74(92)117)89(132)111-31-17-24-70(111)84(127)103-63(36-53-41-94-47-98-53)81(124)100-60(29-30-73(91)116)88(131)112-43-55(115)37-72(112)85(128)102-62(34-51-39-95-58-20-15-13-18-56(51)58)80(123)106-67(44-113)82(125)105-65(35-52-40-96-59-21-16-14-19-57(52)59)87(130)110(8)71(23-12-10-2)90(133)109(69)7/h13-16,18-21,25-28,39-41,47-49,55,60-72,95-96,113-115H,9-12,17,22-24,29-38,42-46H2,1-8H3,(H2,91,116)(H2,92,117)(H2,93,118)(H,94,98)(H,97,121)(H,99,119)(H,100,124)(H,101,126)(H,102,128)(H,103,127)(H,104,120)(H,105,125)(H,106,123)(H,107,122)/t49-,55+,60-,61-,62-,63-,64-,65-,66-,67-,68-,69-,70-,71-,72-/m0/s1. The molecule has 43 nitrogen and oxygen atoms in total. The zero-order chi connectivity index (χ0) is 97.9. The maximum absolute atomic E-state index is 15.7. The Morgan fingerprint density at radius 1 is 0.537 bits per heavy atom. The topological polar surface area (TPSA) is 643 Å². The molecule has 3 aliphatic rings. The van der Waals surface area contributed by atoms with Gasteiger partial charge in [0.05, 0.1) is 43.5 Å². The number of phenols is 1. The smallest absolute Gasteiger partial charge is 0.246 e. The van der Waals surface area contributed by atoms with Crippen LogP contribution in [0, 0.1) is 5.92 Å². The SMILES string of the molecule is CCCC[C@H]1C(=O)N(C)[C@@H](CCCC)C(=O)N[C@@H](CC(C)C)C(=O)N[C@H](C(=O)NCC(N)=O)CSCC(=O)N[C@@H](Cc2ccc(O)cc2)C(=O)N(C)[C@@H](C)C(=O)N[C@@H](CC(N)=O)C(=O)N2CCC[C@H]2C(=O)N[C@@H](Cc2c[nH]cn2)C(=O)N[C@@H](CCC(N)=O)C(=O)N2C[C@H](O)C[C@H]2C(=O)N[C@@H](Cc2c[nH]c3ccccc23)C(=O)N[C@@H](CO)C(=O)N[C@@H](Cc2c[nH]c3ccccc23)C(=O)N1C. The maximum atomic E-state index is 15.7. The minimum atomic E-state index is -1.91. The number of phenolic OH excluding ortho intramolecular Hbond substituents is 1. The van der Waals surface area contributed by atoms with Crippen LogP contribution in [0.5, 0.6) is 5.75 Å². The highest BCUT2D eigenvalue weighted by Crippen LogP contribution is 2.28. The molecule has 6 aromatic rings. The lowest BCUT2D eigenvalue weighted by Gasteiger charge is -2.36. The van der Waals surface area contributed by atoms with Crippen LogP contribution < -0.4 is 70.4 Å². The highest BCUT2D eigenvalue weighted by Gasteiger charge is 2.47. The van der Waals surface area contributed by atoms with E-state index >= 15 is 38.4 Å². The van der Waals surface area contributed by atoms with Crippen molar-refractivity contribution in [1.82, 2.24) is 97.6 Å². The van der Waals surface area contributed by atoms with E-state index in [1.54, 1.807) is 74.8 Å². The third kappa shape index (κ3) is 28.5. The van der Waals surface area contributed by atoms with Gasteiger partial charge >= 0.3 is 0 Å². The van der Waals surface area contributed by atoms with Crippen LogP contribution in [0.15, 0.2) is 97.7 Å². The molecule has 3 saturated heterocycles. The van der Waals surface area contributed by atoms with E-state index in [1.807, 2.05) is 13.8 Å². The zero-order valence-corrected chi connectivity index (χ0v) is 77.1. The number of para-hydroxylation sites is 2. The number of primary amides is 3. The van der Waals surface area contributed by atoms with Gasteiger partial charge in [0, 0.05) is 119 Å². The third-order valence-corrected chi connectivity index (χ3v) is 25.0. The molecule has 0 unspecified atom stereocenters. The Morgan fingerprint density at radius 3 is 1.66 bits per heavy atom. The van der Waals surface area contributed by atoms with Crippen LogP contribution in [0.2, 0.25) is 0 Å². The van der Waals surface area contributed by atoms with Crippen LogP contribution in [0.3, 0.4) is 0 Å². The molecule has 3 aromatic carbocycles. The van der Waals surface area contributed by atoms with Crippen molar-refractivity contribution in [2.24, 2.45) is 23.1 Å². The maximum Gasteiger partial charge on any atom is 0.246 e. The van der Waals surface area contributed by atoms with E-state index in [0.717, 1.165) is 31.4 Å². The summed E-state index contributed by atoms with van der Waals surface area (Å²) in [6.45, 7) is 5.91. The lowest BCUT2D eigenvalue weighted by Crippen LogP contribution is -2.62. The Balaban J connectivity index is 1.10. The van der Waals surface area contributed by atoms with Crippen molar-refractivity contribution in [2.45, 2.75) is 234 Å². The number of hydrogen-bond donors (Lipinski definition) is 19. The Hall–Kier alpha value is -13.5. The first-order chi connectivity index (χ1) is 63.8. The summed E-state index contributed by atoms with van der Waals surface area (Å²) in [5, 5.41) is 60.3. The molecule has 3 aliphatic heterocycles. The first-order valence-electron chi connectivity index (χ1n) is 44.8. The summed E-state index contributed by atoms with van der Waals surface area (Å²) in [5.74, 6) is -18.9. The highest BCUT2D eigenvalue weighted by molar-refractivity contribution is 8.00. The summed E-state index contributed by atoms with van der Waals surface area (Å²) in [7, 11) is 3.92. The van der Waals surface area contributed by atoms with Crippen molar-refractivity contribution in [3.63, 3.8) is 0 Å². The Kier molecular flexibility index (Phi) is 38.3. The predicted molar refractivity (Wildman–Crippen MR) is 489 cm³/mol. The molecule has 0 spiro atoms. The number of aliphatic hydroxyl groups excluding tert-OH is 2. The zero-order valence-electron chi connectivity index (χ0n) is 76.3. The Labute approximate surface area is 777 Å². The molecule has 9 rings (SSSR count). The number of aromatic amines is 3. The van der Waals surface area contributed by atoms with Crippen molar-refractivity contribution in [2.75, 3.05) is 58.9 Å². The van der Waals surface area contributed by atoms with Crippen LogP contribution in [0.4, 0.5) is 0 Å². The van der Waals surface area contributed by atoms with Gasteiger partial charge in [-0.3, -0.25) is 86.3 Å². The molecule has 134 heavy (non-hydrogen) atoms. The molecule has 0 radical (unpaired) electrons. The average Bonchev–Trinajstić information content (AvgIpc) is 1.37. The molecule has 44 heteroatoms. The van der Waals surface area contributed by atoms with Crippen LogP contribution in [0.1, 0.15) is 140 Å². The summed E-state index contributed by atoms with van der Waals surface area (Å²) < 4.78 is 0. The number of carbonyl (C=O) groups is 18. The largest absolute Gasteiger partial charge is 0.508 e. The molecule has 6 heterocycles. The predicted octanol–water partition coefficient (Wildman–Crippen LogP) is -2.93. The van der Waals surface area contributed by atoms with Gasteiger partial charge in [-0.2, -0.15) is 0 Å². The number of nitrogens with two attached hydrogens (primary N) is 3. The number of unbranched alkanes of at least 4 members (excludes halogenated alkanes) is 2. The molecule has 3 fully saturated rings. The Bertz CT molecular complexity index is 5200. The van der Waals surface area contributed by atoms with Gasteiger partial charge in [0.1, 0.15) is 90.3 Å². The number of carbonyl (C=O) groups excluding carboxylic acids is 18. The number of imidazole rings is 1. The van der Waals surface area contributed by atoms with Crippen LogP contribution in [0.25, 0.3) is 21.8 Å². The van der Waals surface area contributed by atoms with Gasteiger partial charge in [-0.05, 0) is 92.3 Å². The minimum Gasteiger partial charge on any atom is -0.508 e. The second-order valence-corrected chi connectivity index (χ2v) is 35.5. The second kappa shape index (κ2) is 49.3. The van der Waals surface area contributed by atoms with Crippen molar-refractivity contribution in [1.29, 1.82) is 0 Å². The number of rotatable bonds is 25. The number of aliphatic hydroxyl groups is 2. The molecule has 0 bridgehead atoms.